The van der Waals surface area contributed by atoms with E-state index in [1.54, 1.807) is 20.0 Å². The zero-order valence-electron chi connectivity index (χ0n) is 16.5. The molecule has 1 unspecified atom stereocenters. The van der Waals surface area contributed by atoms with E-state index < -0.39 is 5.25 Å². The highest BCUT2D eigenvalue weighted by Crippen LogP contribution is 2.27. The van der Waals surface area contributed by atoms with E-state index >= 15 is 0 Å². The van der Waals surface area contributed by atoms with Gasteiger partial charge in [-0.2, -0.15) is 0 Å². The van der Waals surface area contributed by atoms with Crippen LogP contribution in [0, 0.1) is 13.8 Å². The maximum absolute atomic E-state index is 12.8. The Balaban J connectivity index is 1.89. The summed E-state index contributed by atoms with van der Waals surface area (Å²) in [5, 5.41) is 7.32. The van der Waals surface area contributed by atoms with Crippen molar-refractivity contribution in [1.82, 2.24) is 14.7 Å². The molecule has 148 valence electrons. The van der Waals surface area contributed by atoms with E-state index in [1.165, 1.54) is 16.3 Å². The SMILES string of the molecule is CCCCC(Sc1nc2ccc(C)cc2c(=O)n1C)C(=O)Nc1cc(C)on1. The van der Waals surface area contributed by atoms with Gasteiger partial charge in [-0.25, -0.2) is 4.98 Å². The van der Waals surface area contributed by atoms with Crippen molar-refractivity contribution in [3.63, 3.8) is 0 Å². The molecular formula is C20H24N4O3S. The minimum absolute atomic E-state index is 0.113. The van der Waals surface area contributed by atoms with Crippen LogP contribution < -0.4 is 10.9 Å². The molecule has 3 aromatic rings. The molecule has 1 atom stereocenters. The molecule has 0 radical (unpaired) electrons. The van der Waals surface area contributed by atoms with Crippen LogP contribution in [0.25, 0.3) is 10.9 Å². The summed E-state index contributed by atoms with van der Waals surface area (Å²) < 4.78 is 6.52. The first-order chi connectivity index (χ1) is 13.4. The first-order valence-corrected chi connectivity index (χ1v) is 10.1. The number of amides is 1. The number of thioether (sulfide) groups is 1. The third-order valence-corrected chi connectivity index (χ3v) is 5.74. The zero-order chi connectivity index (χ0) is 20.3. The monoisotopic (exact) mass is 400 g/mol. The molecule has 0 aliphatic carbocycles. The average molecular weight is 401 g/mol. The summed E-state index contributed by atoms with van der Waals surface area (Å²) in [5.41, 5.74) is 1.53. The number of unbranched alkanes of at least 4 members (excludes halogenated alkanes) is 1. The largest absolute Gasteiger partial charge is 0.360 e. The minimum atomic E-state index is -0.391. The minimum Gasteiger partial charge on any atom is -0.360 e. The molecule has 0 aliphatic rings. The number of carbonyl (C=O) groups is 1. The molecule has 8 heteroatoms. The molecule has 2 heterocycles. The Hall–Kier alpha value is -2.61. The normalized spacial score (nSPS) is 12.3. The van der Waals surface area contributed by atoms with Gasteiger partial charge >= 0.3 is 0 Å². The number of hydrogen-bond donors (Lipinski definition) is 1. The highest BCUT2D eigenvalue weighted by molar-refractivity contribution is 8.00. The van der Waals surface area contributed by atoms with Crippen molar-refractivity contribution in [2.45, 2.75) is 50.4 Å². The van der Waals surface area contributed by atoms with Crippen LogP contribution in [0.2, 0.25) is 0 Å². The van der Waals surface area contributed by atoms with Gasteiger partial charge in [-0.1, -0.05) is 48.3 Å². The number of aromatic nitrogens is 3. The van der Waals surface area contributed by atoms with Crippen LogP contribution in [-0.2, 0) is 11.8 Å². The molecule has 1 N–H and O–H groups in total. The van der Waals surface area contributed by atoms with Crippen molar-refractivity contribution in [3.8, 4) is 0 Å². The van der Waals surface area contributed by atoms with Gasteiger partial charge in [0.25, 0.3) is 5.56 Å². The highest BCUT2D eigenvalue weighted by Gasteiger charge is 2.23. The van der Waals surface area contributed by atoms with Gasteiger partial charge in [0.1, 0.15) is 5.76 Å². The Labute approximate surface area is 167 Å². The van der Waals surface area contributed by atoms with Crippen LogP contribution in [0.15, 0.2) is 38.7 Å². The summed E-state index contributed by atoms with van der Waals surface area (Å²) in [4.78, 5) is 30.2. The van der Waals surface area contributed by atoms with E-state index in [4.69, 9.17) is 4.52 Å². The molecule has 1 aromatic carbocycles. The Morgan fingerprint density at radius 1 is 1.32 bits per heavy atom. The van der Waals surface area contributed by atoms with Gasteiger partial charge in [0.05, 0.1) is 16.2 Å². The van der Waals surface area contributed by atoms with Gasteiger partial charge in [-0.3, -0.25) is 14.2 Å². The smallest absolute Gasteiger partial charge is 0.261 e. The van der Waals surface area contributed by atoms with Crippen molar-refractivity contribution in [2.24, 2.45) is 7.05 Å². The Morgan fingerprint density at radius 2 is 2.11 bits per heavy atom. The second-order valence-electron chi connectivity index (χ2n) is 6.84. The molecule has 0 saturated carbocycles. The van der Waals surface area contributed by atoms with E-state index in [0.29, 0.717) is 34.1 Å². The molecule has 28 heavy (non-hydrogen) atoms. The third kappa shape index (κ3) is 4.44. The van der Waals surface area contributed by atoms with E-state index in [0.717, 1.165) is 18.4 Å². The van der Waals surface area contributed by atoms with Gasteiger partial charge in [0.15, 0.2) is 11.0 Å². The van der Waals surface area contributed by atoms with Gasteiger partial charge in [0.2, 0.25) is 5.91 Å². The summed E-state index contributed by atoms with van der Waals surface area (Å²) in [6.07, 6.45) is 2.53. The number of nitrogens with one attached hydrogen (secondary N) is 1. The maximum Gasteiger partial charge on any atom is 0.261 e. The van der Waals surface area contributed by atoms with Crippen LogP contribution in [0.1, 0.15) is 37.5 Å². The lowest BCUT2D eigenvalue weighted by atomic mass is 10.2. The van der Waals surface area contributed by atoms with E-state index in [-0.39, 0.29) is 11.5 Å². The summed E-state index contributed by atoms with van der Waals surface area (Å²) >= 11 is 1.30. The second-order valence-corrected chi connectivity index (χ2v) is 8.01. The van der Waals surface area contributed by atoms with E-state index in [2.05, 4.69) is 22.4 Å². The van der Waals surface area contributed by atoms with Gasteiger partial charge < -0.3 is 9.84 Å². The fourth-order valence-electron chi connectivity index (χ4n) is 2.86. The predicted octanol–water partition coefficient (Wildman–Crippen LogP) is 3.83. The van der Waals surface area contributed by atoms with Gasteiger partial charge in [0, 0.05) is 13.1 Å². The molecule has 0 spiro atoms. The summed E-state index contributed by atoms with van der Waals surface area (Å²) in [5.74, 6) is 0.840. The number of aryl methyl sites for hydroxylation is 2. The average Bonchev–Trinajstić information content (AvgIpc) is 3.07. The molecule has 3 rings (SSSR count). The van der Waals surface area contributed by atoms with E-state index in [9.17, 15) is 9.59 Å². The van der Waals surface area contributed by atoms with Crippen molar-refractivity contribution >= 4 is 34.4 Å². The molecule has 0 aliphatic heterocycles. The van der Waals surface area contributed by atoms with Crippen molar-refractivity contribution in [2.75, 3.05) is 5.32 Å². The second kappa shape index (κ2) is 8.60. The number of hydrogen-bond acceptors (Lipinski definition) is 6. The number of benzene rings is 1. The van der Waals surface area contributed by atoms with Crippen LogP contribution in [0.4, 0.5) is 5.82 Å². The first kappa shape index (κ1) is 20.1. The number of carbonyl (C=O) groups excluding carboxylic acids is 1. The standard InChI is InChI=1S/C20H24N4O3S/c1-5-6-7-16(18(25)22-17-11-13(3)27-23-17)28-20-21-15-9-8-12(2)10-14(15)19(26)24(20)4/h8-11,16H,5-7H2,1-4H3,(H,22,23,25). The summed E-state index contributed by atoms with van der Waals surface area (Å²) in [7, 11) is 1.69. The predicted molar refractivity (Wildman–Crippen MR) is 111 cm³/mol. The molecular weight excluding hydrogens is 376 g/mol. The lowest BCUT2D eigenvalue weighted by molar-refractivity contribution is -0.115. The molecule has 0 saturated heterocycles. The van der Waals surface area contributed by atoms with Crippen LogP contribution >= 0.6 is 11.8 Å². The number of anilines is 1. The summed E-state index contributed by atoms with van der Waals surface area (Å²) in [6.45, 7) is 5.79. The molecule has 7 nitrogen and oxygen atoms in total. The lowest BCUT2D eigenvalue weighted by Gasteiger charge is -2.17. The van der Waals surface area contributed by atoms with E-state index in [1.807, 2.05) is 25.1 Å². The van der Waals surface area contributed by atoms with Gasteiger partial charge in [-0.05, 0) is 32.4 Å². The Kier molecular flexibility index (Phi) is 6.18. The van der Waals surface area contributed by atoms with Crippen LogP contribution in [-0.4, -0.2) is 25.9 Å². The Morgan fingerprint density at radius 3 is 2.79 bits per heavy atom. The van der Waals surface area contributed by atoms with Crippen molar-refractivity contribution < 1.29 is 9.32 Å². The number of rotatable bonds is 7. The fraction of sp³-hybridized carbons (Fsp3) is 0.400. The van der Waals surface area contributed by atoms with Gasteiger partial charge in [-0.15, -0.1) is 0 Å². The molecule has 0 fully saturated rings. The molecule has 2 aromatic heterocycles. The van der Waals surface area contributed by atoms with Crippen LogP contribution in [0.5, 0.6) is 0 Å². The summed E-state index contributed by atoms with van der Waals surface area (Å²) in [6, 6.07) is 7.28. The first-order valence-electron chi connectivity index (χ1n) is 9.27. The zero-order valence-corrected chi connectivity index (χ0v) is 17.3. The van der Waals surface area contributed by atoms with Crippen molar-refractivity contribution in [1.29, 1.82) is 0 Å². The quantitative estimate of drug-likeness (QED) is 0.479. The molecule has 0 bridgehead atoms. The van der Waals surface area contributed by atoms with Crippen LogP contribution in [0.3, 0.4) is 0 Å². The lowest BCUT2D eigenvalue weighted by Crippen LogP contribution is -2.27. The fourth-order valence-corrected chi connectivity index (χ4v) is 3.96. The Bertz CT molecular complexity index is 1060. The van der Waals surface area contributed by atoms with Crippen molar-refractivity contribution in [3.05, 3.63) is 45.9 Å². The highest BCUT2D eigenvalue weighted by atomic mass is 32.2. The molecule has 1 amide bonds. The topological polar surface area (TPSA) is 90.0 Å². The third-order valence-electron chi connectivity index (χ3n) is 4.43. The number of nitrogens with zero attached hydrogens (tertiary/aromatic N) is 3. The number of fused-ring (bicyclic) bond motifs is 1. The maximum atomic E-state index is 12.8.